The fourth-order valence-electron chi connectivity index (χ4n) is 2.68. The van der Waals surface area contributed by atoms with Gasteiger partial charge in [-0.15, -0.1) is 0 Å². The zero-order valence-electron chi connectivity index (χ0n) is 14.2. The van der Waals surface area contributed by atoms with Crippen LogP contribution in [0.2, 0.25) is 0 Å². The van der Waals surface area contributed by atoms with Gasteiger partial charge in [0.2, 0.25) is 0 Å². The predicted octanol–water partition coefficient (Wildman–Crippen LogP) is 4.54. The fourth-order valence-corrected chi connectivity index (χ4v) is 2.68. The Hall–Kier alpha value is -3.14. The van der Waals surface area contributed by atoms with Crippen molar-refractivity contribution in [1.29, 1.82) is 0 Å². The molecule has 126 valence electrons. The quantitative estimate of drug-likeness (QED) is 0.675. The predicted molar refractivity (Wildman–Crippen MR) is 102 cm³/mol. The lowest BCUT2D eigenvalue weighted by Crippen LogP contribution is -2.13. The van der Waals surface area contributed by atoms with Gasteiger partial charge in [-0.3, -0.25) is 9.78 Å². The maximum atomic E-state index is 12.5. The molecular weight excluding hydrogens is 310 g/mol. The Morgan fingerprint density at radius 3 is 2.56 bits per heavy atom. The molecule has 0 unspecified atom stereocenters. The number of nitrogen functional groups attached to an aromatic ring is 1. The monoisotopic (exact) mass is 331 g/mol. The van der Waals surface area contributed by atoms with Crippen molar-refractivity contribution in [2.45, 2.75) is 19.8 Å². The first-order chi connectivity index (χ1) is 12.2. The fraction of sp³-hybridized carbons (Fsp3) is 0.143. The van der Waals surface area contributed by atoms with Crippen LogP contribution >= 0.6 is 0 Å². The summed E-state index contributed by atoms with van der Waals surface area (Å²) in [6.07, 6.45) is 5.61. The number of aryl methyl sites for hydroxylation is 1. The van der Waals surface area contributed by atoms with Crippen LogP contribution in [0, 0.1) is 0 Å². The second kappa shape index (κ2) is 7.62. The average molecular weight is 331 g/mol. The zero-order chi connectivity index (χ0) is 17.6. The van der Waals surface area contributed by atoms with E-state index in [0.29, 0.717) is 16.9 Å². The topological polar surface area (TPSA) is 68.0 Å². The van der Waals surface area contributed by atoms with E-state index in [4.69, 9.17) is 5.73 Å². The standard InChI is InChI=1S/C21H21N3O/c1-2-4-15-6-8-16(9-7-15)21(25)24-20-13-17(10-11-19(20)22)18-5-3-12-23-14-18/h3,5-14H,2,4,22H2,1H3,(H,24,25). The Bertz CT molecular complexity index is 858. The van der Waals surface area contributed by atoms with Crippen molar-refractivity contribution in [1.82, 2.24) is 4.98 Å². The molecule has 4 nitrogen and oxygen atoms in total. The summed E-state index contributed by atoms with van der Waals surface area (Å²) >= 11 is 0. The molecule has 0 aliphatic rings. The summed E-state index contributed by atoms with van der Waals surface area (Å²) in [5, 5.41) is 2.90. The molecule has 3 rings (SSSR count). The van der Waals surface area contributed by atoms with Crippen molar-refractivity contribution in [3.8, 4) is 11.1 Å². The van der Waals surface area contributed by atoms with E-state index in [2.05, 4.69) is 17.2 Å². The van der Waals surface area contributed by atoms with E-state index >= 15 is 0 Å². The van der Waals surface area contributed by atoms with Gasteiger partial charge in [-0.25, -0.2) is 0 Å². The van der Waals surface area contributed by atoms with Crippen molar-refractivity contribution in [3.05, 3.63) is 78.1 Å². The second-order valence-corrected chi connectivity index (χ2v) is 5.94. The van der Waals surface area contributed by atoms with Crippen molar-refractivity contribution in [2.75, 3.05) is 11.1 Å². The Morgan fingerprint density at radius 2 is 1.88 bits per heavy atom. The normalized spacial score (nSPS) is 10.4. The highest BCUT2D eigenvalue weighted by Crippen LogP contribution is 2.27. The molecule has 0 bridgehead atoms. The summed E-state index contributed by atoms with van der Waals surface area (Å²) in [5.74, 6) is -0.168. The number of carbonyl (C=O) groups is 1. The third-order valence-corrected chi connectivity index (χ3v) is 4.05. The molecule has 0 aliphatic carbocycles. The average Bonchev–Trinajstić information content (AvgIpc) is 2.65. The number of anilines is 2. The largest absolute Gasteiger partial charge is 0.397 e. The first kappa shape index (κ1) is 16.7. The molecular formula is C21H21N3O. The maximum Gasteiger partial charge on any atom is 0.255 e. The number of hydrogen-bond acceptors (Lipinski definition) is 3. The van der Waals surface area contributed by atoms with Gasteiger partial charge < -0.3 is 11.1 Å². The van der Waals surface area contributed by atoms with Crippen LogP contribution < -0.4 is 11.1 Å². The first-order valence-corrected chi connectivity index (χ1v) is 8.37. The smallest absolute Gasteiger partial charge is 0.255 e. The molecule has 0 atom stereocenters. The highest BCUT2D eigenvalue weighted by Gasteiger charge is 2.09. The van der Waals surface area contributed by atoms with E-state index in [0.717, 1.165) is 24.0 Å². The van der Waals surface area contributed by atoms with Crippen molar-refractivity contribution in [2.24, 2.45) is 0 Å². The minimum Gasteiger partial charge on any atom is -0.397 e. The van der Waals surface area contributed by atoms with E-state index in [1.165, 1.54) is 5.56 Å². The number of carbonyl (C=O) groups excluding carboxylic acids is 1. The number of aromatic nitrogens is 1. The highest BCUT2D eigenvalue weighted by atomic mass is 16.1. The third-order valence-electron chi connectivity index (χ3n) is 4.05. The van der Waals surface area contributed by atoms with E-state index in [9.17, 15) is 4.79 Å². The van der Waals surface area contributed by atoms with Crippen LogP contribution in [0.5, 0.6) is 0 Å². The molecule has 3 aromatic rings. The minimum atomic E-state index is -0.168. The molecule has 1 heterocycles. The van der Waals surface area contributed by atoms with E-state index in [-0.39, 0.29) is 5.91 Å². The molecule has 0 saturated carbocycles. The van der Waals surface area contributed by atoms with Crippen LogP contribution in [0.3, 0.4) is 0 Å². The van der Waals surface area contributed by atoms with Gasteiger partial charge >= 0.3 is 0 Å². The lowest BCUT2D eigenvalue weighted by atomic mass is 10.1. The molecule has 3 N–H and O–H groups in total. The van der Waals surface area contributed by atoms with Crippen LogP contribution in [0.4, 0.5) is 11.4 Å². The van der Waals surface area contributed by atoms with Gasteiger partial charge in [0, 0.05) is 23.5 Å². The minimum absolute atomic E-state index is 0.168. The summed E-state index contributed by atoms with van der Waals surface area (Å²) in [6.45, 7) is 2.14. The third kappa shape index (κ3) is 4.04. The van der Waals surface area contributed by atoms with E-state index in [1.54, 1.807) is 18.5 Å². The molecule has 4 heteroatoms. The molecule has 0 fully saturated rings. The van der Waals surface area contributed by atoms with Crippen LogP contribution in [0.25, 0.3) is 11.1 Å². The summed E-state index contributed by atoms with van der Waals surface area (Å²) in [5.41, 5.74) is 10.9. The number of rotatable bonds is 5. The summed E-state index contributed by atoms with van der Waals surface area (Å²) < 4.78 is 0. The van der Waals surface area contributed by atoms with Gasteiger partial charge in [0.25, 0.3) is 5.91 Å². The SMILES string of the molecule is CCCc1ccc(C(=O)Nc2cc(-c3cccnc3)ccc2N)cc1. The van der Waals surface area contributed by atoms with Crippen LogP contribution in [0.1, 0.15) is 29.3 Å². The molecule has 0 radical (unpaired) electrons. The number of amides is 1. The maximum absolute atomic E-state index is 12.5. The molecule has 0 aliphatic heterocycles. The number of pyridine rings is 1. The van der Waals surface area contributed by atoms with Crippen molar-refractivity contribution < 1.29 is 4.79 Å². The van der Waals surface area contributed by atoms with Crippen LogP contribution in [-0.2, 0) is 6.42 Å². The zero-order valence-corrected chi connectivity index (χ0v) is 14.2. The van der Waals surface area contributed by atoms with Gasteiger partial charge in [0.1, 0.15) is 0 Å². The molecule has 0 saturated heterocycles. The second-order valence-electron chi connectivity index (χ2n) is 5.94. The van der Waals surface area contributed by atoms with E-state index in [1.807, 2.05) is 48.5 Å². The number of nitrogens with two attached hydrogens (primary N) is 1. The van der Waals surface area contributed by atoms with Gasteiger partial charge in [-0.05, 0) is 47.9 Å². The van der Waals surface area contributed by atoms with Gasteiger partial charge in [0.15, 0.2) is 0 Å². The summed E-state index contributed by atoms with van der Waals surface area (Å²) in [7, 11) is 0. The Labute approximate surface area is 147 Å². The van der Waals surface area contributed by atoms with Crippen molar-refractivity contribution >= 4 is 17.3 Å². The van der Waals surface area contributed by atoms with Crippen LogP contribution in [-0.4, -0.2) is 10.9 Å². The van der Waals surface area contributed by atoms with Crippen molar-refractivity contribution in [3.63, 3.8) is 0 Å². The molecule has 1 aromatic heterocycles. The number of benzene rings is 2. The Balaban J connectivity index is 1.81. The van der Waals surface area contributed by atoms with E-state index < -0.39 is 0 Å². The highest BCUT2D eigenvalue weighted by molar-refractivity contribution is 6.06. The molecule has 2 aromatic carbocycles. The molecule has 0 spiro atoms. The van der Waals surface area contributed by atoms with Gasteiger partial charge in [0.05, 0.1) is 11.4 Å². The molecule has 1 amide bonds. The number of nitrogens with one attached hydrogen (secondary N) is 1. The molecule has 25 heavy (non-hydrogen) atoms. The summed E-state index contributed by atoms with van der Waals surface area (Å²) in [6, 6.07) is 17.1. The van der Waals surface area contributed by atoms with Crippen LogP contribution in [0.15, 0.2) is 67.0 Å². The van der Waals surface area contributed by atoms with Gasteiger partial charge in [-0.2, -0.15) is 0 Å². The lowest BCUT2D eigenvalue weighted by Gasteiger charge is -2.11. The first-order valence-electron chi connectivity index (χ1n) is 8.37. The number of hydrogen-bond donors (Lipinski definition) is 2. The number of nitrogens with zero attached hydrogens (tertiary/aromatic N) is 1. The lowest BCUT2D eigenvalue weighted by molar-refractivity contribution is 0.102. The Morgan fingerprint density at radius 1 is 1.08 bits per heavy atom. The summed E-state index contributed by atoms with van der Waals surface area (Å²) in [4.78, 5) is 16.6. The van der Waals surface area contributed by atoms with Gasteiger partial charge in [-0.1, -0.05) is 37.6 Å². The Kier molecular flexibility index (Phi) is 5.09.